The van der Waals surface area contributed by atoms with Gasteiger partial charge in [0.2, 0.25) is 0 Å². The number of hydrogen-bond acceptors (Lipinski definition) is 6. The number of carbonyl (C=O) groups is 1. The lowest BCUT2D eigenvalue weighted by atomic mass is 10.2. The summed E-state index contributed by atoms with van der Waals surface area (Å²) in [6.07, 6.45) is 1.28. The van der Waals surface area contributed by atoms with Gasteiger partial charge in [0.25, 0.3) is 11.5 Å². The molecule has 122 valence electrons. The van der Waals surface area contributed by atoms with Crippen LogP contribution in [-0.4, -0.2) is 20.4 Å². The van der Waals surface area contributed by atoms with Crippen molar-refractivity contribution >= 4 is 47.2 Å². The molecular formula is C13H14Cl2N6O2. The van der Waals surface area contributed by atoms with E-state index in [1.54, 1.807) is 13.8 Å². The summed E-state index contributed by atoms with van der Waals surface area (Å²) in [5, 5.41) is 5.73. The smallest absolute Gasteiger partial charge is 0.276 e. The topological polar surface area (TPSA) is 115 Å². The predicted molar refractivity (Wildman–Crippen MR) is 89.5 cm³/mol. The minimum Gasteiger partial charge on any atom is -0.384 e. The Morgan fingerprint density at radius 2 is 2.00 bits per heavy atom. The van der Waals surface area contributed by atoms with E-state index in [0.717, 1.165) is 0 Å². The van der Waals surface area contributed by atoms with Crippen LogP contribution in [0.3, 0.4) is 0 Å². The molecule has 1 aliphatic heterocycles. The fourth-order valence-electron chi connectivity index (χ4n) is 2.39. The highest BCUT2D eigenvalue weighted by molar-refractivity contribution is 6.34. The molecule has 3 heterocycles. The molecule has 0 fully saturated rings. The molecule has 0 unspecified atom stereocenters. The molecule has 1 amide bonds. The standard InChI is InChI=1S/C13H13ClN6O2.ClH/c1-13(2)19-11(21)10-6(14)3-7(12(22)20(10)13)18-9-4-8(15)16-5-17-9;/h3-5H,1-2H3,(H,19,21)(H3,15,16,17,18);1H. The molecule has 0 saturated heterocycles. The highest BCUT2D eigenvalue weighted by Crippen LogP contribution is 2.28. The Balaban J connectivity index is 0.00000192. The van der Waals surface area contributed by atoms with E-state index in [1.807, 2.05) is 0 Å². The Morgan fingerprint density at radius 3 is 2.65 bits per heavy atom. The first-order valence-electron chi connectivity index (χ1n) is 6.43. The Bertz CT molecular complexity index is 849. The largest absolute Gasteiger partial charge is 0.384 e. The predicted octanol–water partition coefficient (Wildman–Crippen LogP) is 1.48. The Morgan fingerprint density at radius 1 is 1.30 bits per heavy atom. The number of carbonyl (C=O) groups excluding carboxylic acids is 1. The maximum absolute atomic E-state index is 12.6. The van der Waals surface area contributed by atoms with Crippen LogP contribution >= 0.6 is 24.0 Å². The molecule has 0 spiro atoms. The third kappa shape index (κ3) is 2.82. The monoisotopic (exact) mass is 356 g/mol. The van der Waals surface area contributed by atoms with Gasteiger partial charge in [-0.1, -0.05) is 11.6 Å². The first-order chi connectivity index (χ1) is 10.3. The molecule has 8 nitrogen and oxygen atoms in total. The number of nitrogens with one attached hydrogen (secondary N) is 2. The van der Waals surface area contributed by atoms with Gasteiger partial charge in [-0.25, -0.2) is 9.97 Å². The average Bonchev–Trinajstić information content (AvgIpc) is 2.65. The fraction of sp³-hybridized carbons (Fsp3) is 0.231. The van der Waals surface area contributed by atoms with Crippen molar-refractivity contribution in [3.63, 3.8) is 0 Å². The van der Waals surface area contributed by atoms with Crippen LogP contribution in [0.5, 0.6) is 0 Å². The first-order valence-corrected chi connectivity index (χ1v) is 6.80. The summed E-state index contributed by atoms with van der Waals surface area (Å²) in [7, 11) is 0. The third-order valence-electron chi connectivity index (χ3n) is 3.30. The number of nitrogens with zero attached hydrogens (tertiary/aromatic N) is 3. The van der Waals surface area contributed by atoms with Crippen LogP contribution in [0.15, 0.2) is 23.3 Å². The number of rotatable bonds is 2. The van der Waals surface area contributed by atoms with E-state index in [1.165, 1.54) is 23.0 Å². The summed E-state index contributed by atoms with van der Waals surface area (Å²) in [4.78, 5) is 32.3. The summed E-state index contributed by atoms with van der Waals surface area (Å²) < 4.78 is 1.32. The number of halogens is 2. The van der Waals surface area contributed by atoms with Gasteiger partial charge >= 0.3 is 0 Å². The molecular weight excluding hydrogens is 343 g/mol. The SMILES string of the molecule is CC1(C)NC(=O)c2c(Cl)cc(Nc3cc(N)ncn3)c(=O)n21.Cl. The van der Waals surface area contributed by atoms with Crippen molar-refractivity contribution in [1.82, 2.24) is 19.9 Å². The van der Waals surface area contributed by atoms with Gasteiger partial charge in [-0.2, -0.15) is 0 Å². The van der Waals surface area contributed by atoms with Gasteiger partial charge in [0, 0.05) is 6.07 Å². The van der Waals surface area contributed by atoms with E-state index in [4.69, 9.17) is 17.3 Å². The van der Waals surface area contributed by atoms with E-state index >= 15 is 0 Å². The number of amides is 1. The summed E-state index contributed by atoms with van der Waals surface area (Å²) in [6, 6.07) is 2.88. The maximum Gasteiger partial charge on any atom is 0.276 e. The summed E-state index contributed by atoms with van der Waals surface area (Å²) in [5.41, 5.74) is 4.66. The van der Waals surface area contributed by atoms with Crippen LogP contribution in [0.1, 0.15) is 24.3 Å². The quantitative estimate of drug-likeness (QED) is 0.750. The Labute approximate surface area is 142 Å². The maximum atomic E-state index is 12.6. The Hall–Kier alpha value is -2.32. The van der Waals surface area contributed by atoms with E-state index < -0.39 is 5.66 Å². The van der Waals surface area contributed by atoms with Gasteiger partial charge in [-0.3, -0.25) is 14.2 Å². The molecule has 3 rings (SSSR count). The molecule has 1 aliphatic rings. The zero-order valence-corrected chi connectivity index (χ0v) is 13.8. The minimum absolute atomic E-state index is 0. The lowest BCUT2D eigenvalue weighted by molar-refractivity contribution is 0.0935. The van der Waals surface area contributed by atoms with E-state index in [-0.39, 0.29) is 46.1 Å². The van der Waals surface area contributed by atoms with Gasteiger partial charge in [-0.15, -0.1) is 12.4 Å². The second kappa shape index (κ2) is 5.71. The summed E-state index contributed by atoms with van der Waals surface area (Å²) >= 11 is 6.15. The number of hydrogen-bond donors (Lipinski definition) is 3. The molecule has 0 bridgehead atoms. The van der Waals surface area contributed by atoms with E-state index in [9.17, 15) is 9.59 Å². The van der Waals surface area contributed by atoms with Gasteiger partial charge < -0.3 is 16.4 Å². The van der Waals surface area contributed by atoms with Crippen LogP contribution in [0.4, 0.5) is 17.3 Å². The molecule has 0 saturated carbocycles. The average molecular weight is 357 g/mol. The van der Waals surface area contributed by atoms with Crippen molar-refractivity contribution in [1.29, 1.82) is 0 Å². The van der Waals surface area contributed by atoms with Crippen molar-refractivity contribution in [2.75, 3.05) is 11.1 Å². The van der Waals surface area contributed by atoms with Crippen molar-refractivity contribution in [2.45, 2.75) is 19.5 Å². The molecule has 0 aliphatic carbocycles. The third-order valence-corrected chi connectivity index (χ3v) is 3.59. The van der Waals surface area contributed by atoms with Crippen LogP contribution in [0, 0.1) is 0 Å². The van der Waals surface area contributed by atoms with Crippen molar-refractivity contribution in [2.24, 2.45) is 0 Å². The molecule has 2 aromatic heterocycles. The van der Waals surface area contributed by atoms with Crippen molar-refractivity contribution in [3.8, 4) is 0 Å². The van der Waals surface area contributed by atoms with E-state index in [2.05, 4.69) is 20.6 Å². The number of pyridine rings is 1. The normalized spacial score (nSPS) is 14.7. The first kappa shape index (κ1) is 17.0. The van der Waals surface area contributed by atoms with Gasteiger partial charge in [-0.05, 0) is 19.9 Å². The van der Waals surface area contributed by atoms with E-state index in [0.29, 0.717) is 5.82 Å². The van der Waals surface area contributed by atoms with Crippen LogP contribution in [0.25, 0.3) is 0 Å². The van der Waals surface area contributed by atoms with Crippen LogP contribution in [-0.2, 0) is 5.66 Å². The molecule has 4 N–H and O–H groups in total. The zero-order valence-electron chi connectivity index (χ0n) is 12.3. The minimum atomic E-state index is -0.866. The van der Waals surface area contributed by atoms with Crippen LogP contribution < -0.4 is 21.9 Å². The highest BCUT2D eigenvalue weighted by Gasteiger charge is 2.38. The second-order valence-electron chi connectivity index (χ2n) is 5.36. The molecule has 10 heteroatoms. The number of anilines is 3. The van der Waals surface area contributed by atoms with Crippen LogP contribution in [0.2, 0.25) is 5.02 Å². The lowest BCUT2D eigenvalue weighted by Crippen LogP contribution is -2.42. The summed E-state index contributed by atoms with van der Waals surface area (Å²) in [5.74, 6) is 0.239. The molecule has 23 heavy (non-hydrogen) atoms. The number of nitrogen functional groups attached to an aromatic ring is 1. The van der Waals surface area contributed by atoms with Gasteiger partial charge in [0.1, 0.15) is 35.0 Å². The Kier molecular flexibility index (Phi) is 4.23. The molecule has 0 atom stereocenters. The highest BCUT2D eigenvalue weighted by atomic mass is 35.5. The molecule has 2 aromatic rings. The van der Waals surface area contributed by atoms with Gasteiger partial charge in [0.15, 0.2) is 0 Å². The number of nitrogens with two attached hydrogens (primary N) is 1. The molecule has 0 aromatic carbocycles. The second-order valence-corrected chi connectivity index (χ2v) is 5.77. The van der Waals surface area contributed by atoms with Gasteiger partial charge in [0.05, 0.1) is 5.02 Å². The number of fused-ring (bicyclic) bond motifs is 1. The van der Waals surface area contributed by atoms with Crippen molar-refractivity contribution in [3.05, 3.63) is 39.5 Å². The molecule has 0 radical (unpaired) electrons. The summed E-state index contributed by atoms with van der Waals surface area (Å²) in [6.45, 7) is 3.43. The lowest BCUT2D eigenvalue weighted by Gasteiger charge is -2.22. The van der Waals surface area contributed by atoms with Crippen molar-refractivity contribution < 1.29 is 4.79 Å². The zero-order chi connectivity index (χ0) is 16.1. The number of aromatic nitrogens is 3. The fourth-order valence-corrected chi connectivity index (χ4v) is 2.67.